The minimum Gasteiger partial charge on any atom is -0.354 e. The predicted molar refractivity (Wildman–Crippen MR) is 118 cm³/mol. The molecule has 2 unspecified atom stereocenters. The Bertz CT molecular complexity index is 920. The zero-order chi connectivity index (χ0) is 18.9. The Morgan fingerprint density at radius 3 is 2.24 bits per heavy atom. The van der Waals surface area contributed by atoms with E-state index in [-0.39, 0.29) is 12.4 Å². The molecule has 2 aromatic heterocycles. The maximum Gasteiger partial charge on any atom is 0.151 e. The van der Waals surface area contributed by atoms with Crippen molar-refractivity contribution in [3.63, 3.8) is 0 Å². The number of nitrogens with zero attached hydrogens (tertiary/aromatic N) is 5. The third-order valence-corrected chi connectivity index (χ3v) is 6.02. The molecule has 2 aliphatic rings. The van der Waals surface area contributed by atoms with Crippen LogP contribution in [-0.4, -0.2) is 46.3 Å². The van der Waals surface area contributed by atoms with E-state index in [1.165, 1.54) is 5.56 Å². The molecule has 7 heteroatoms. The minimum atomic E-state index is 0. The summed E-state index contributed by atoms with van der Waals surface area (Å²) in [5.41, 5.74) is 3.25. The number of rotatable bonds is 4. The second kappa shape index (κ2) is 8.66. The van der Waals surface area contributed by atoms with Gasteiger partial charge in [-0.3, -0.25) is 4.90 Å². The van der Waals surface area contributed by atoms with Gasteiger partial charge in [0.1, 0.15) is 5.15 Å². The van der Waals surface area contributed by atoms with Gasteiger partial charge in [0, 0.05) is 44.5 Å². The van der Waals surface area contributed by atoms with Gasteiger partial charge in [-0.05, 0) is 35.6 Å². The number of hydrogen-bond donors (Lipinski definition) is 0. The number of anilines is 1. The number of halogens is 2. The van der Waals surface area contributed by atoms with Gasteiger partial charge in [-0.25, -0.2) is 4.98 Å². The van der Waals surface area contributed by atoms with Crippen molar-refractivity contribution < 1.29 is 0 Å². The highest BCUT2D eigenvalue weighted by Crippen LogP contribution is 2.34. The molecule has 0 saturated carbocycles. The zero-order valence-corrected chi connectivity index (χ0v) is 17.6. The highest BCUT2D eigenvalue weighted by molar-refractivity contribution is 6.29. The van der Waals surface area contributed by atoms with E-state index < -0.39 is 0 Å². The standard InChI is InChI=1S/C22H22ClN5.ClH/c23-21-8-6-16(10-24-21)11-27-12-18-14-28(15-19(18)13-27)22-9-7-20(25-26-22)17-4-2-1-3-5-17;/h1-10,18-19H,11-15H2;1H. The van der Waals surface area contributed by atoms with Gasteiger partial charge in [0.15, 0.2) is 5.82 Å². The summed E-state index contributed by atoms with van der Waals surface area (Å²) in [6, 6.07) is 18.3. The lowest BCUT2D eigenvalue weighted by Gasteiger charge is -2.22. The van der Waals surface area contributed by atoms with Crippen LogP contribution in [0, 0.1) is 11.8 Å². The molecule has 0 amide bonds. The van der Waals surface area contributed by atoms with Crippen molar-refractivity contribution in [2.75, 3.05) is 31.1 Å². The van der Waals surface area contributed by atoms with Gasteiger partial charge in [0.2, 0.25) is 0 Å². The van der Waals surface area contributed by atoms with Gasteiger partial charge in [-0.1, -0.05) is 48.0 Å². The van der Waals surface area contributed by atoms with E-state index in [4.69, 9.17) is 11.6 Å². The predicted octanol–water partition coefficient (Wildman–Crippen LogP) is 4.18. The lowest BCUT2D eigenvalue weighted by molar-refractivity contribution is 0.308. The number of fused-ring (bicyclic) bond motifs is 1. The highest BCUT2D eigenvalue weighted by atomic mass is 35.5. The van der Waals surface area contributed by atoms with Crippen LogP contribution in [0.2, 0.25) is 5.15 Å². The summed E-state index contributed by atoms with van der Waals surface area (Å²) in [6.07, 6.45) is 1.88. The van der Waals surface area contributed by atoms with E-state index in [0.717, 1.165) is 49.8 Å². The molecular weight excluding hydrogens is 405 g/mol. The SMILES string of the molecule is Cl.Clc1ccc(CN2CC3CN(c4ccc(-c5ccccc5)nn4)CC3C2)cn1. The first-order valence-electron chi connectivity index (χ1n) is 9.71. The first-order valence-corrected chi connectivity index (χ1v) is 10.1. The van der Waals surface area contributed by atoms with Crippen molar-refractivity contribution in [3.8, 4) is 11.3 Å². The van der Waals surface area contributed by atoms with Crippen molar-refractivity contribution in [3.05, 3.63) is 71.5 Å². The topological polar surface area (TPSA) is 45.2 Å². The number of hydrogen-bond acceptors (Lipinski definition) is 5. The van der Waals surface area contributed by atoms with Crippen LogP contribution < -0.4 is 4.90 Å². The monoisotopic (exact) mass is 427 g/mol. The number of likely N-dealkylation sites (tertiary alicyclic amines) is 1. The first kappa shape index (κ1) is 20.1. The lowest BCUT2D eigenvalue weighted by Crippen LogP contribution is -2.29. The van der Waals surface area contributed by atoms with Crippen LogP contribution in [0.15, 0.2) is 60.8 Å². The molecule has 0 radical (unpaired) electrons. The average molecular weight is 428 g/mol. The summed E-state index contributed by atoms with van der Waals surface area (Å²) >= 11 is 5.88. The molecule has 1 aromatic carbocycles. The van der Waals surface area contributed by atoms with E-state index in [1.807, 2.05) is 30.5 Å². The third-order valence-electron chi connectivity index (χ3n) is 5.80. The van der Waals surface area contributed by atoms with Crippen molar-refractivity contribution >= 4 is 29.8 Å². The van der Waals surface area contributed by atoms with Crippen LogP contribution in [0.1, 0.15) is 5.56 Å². The lowest BCUT2D eigenvalue weighted by atomic mass is 10.0. The fraction of sp³-hybridized carbons (Fsp3) is 0.318. The fourth-order valence-corrected chi connectivity index (χ4v) is 4.53. The Morgan fingerprint density at radius 2 is 1.62 bits per heavy atom. The minimum absolute atomic E-state index is 0. The second-order valence-electron chi connectivity index (χ2n) is 7.75. The number of benzene rings is 1. The Labute approximate surface area is 182 Å². The molecule has 5 nitrogen and oxygen atoms in total. The Morgan fingerprint density at radius 1 is 0.862 bits per heavy atom. The van der Waals surface area contributed by atoms with Crippen molar-refractivity contribution in [1.29, 1.82) is 0 Å². The van der Waals surface area contributed by atoms with Crippen molar-refractivity contribution in [2.45, 2.75) is 6.54 Å². The molecule has 3 aromatic rings. The maximum atomic E-state index is 5.88. The average Bonchev–Trinajstić information content (AvgIpc) is 3.29. The van der Waals surface area contributed by atoms with Gasteiger partial charge in [0.05, 0.1) is 5.69 Å². The zero-order valence-electron chi connectivity index (χ0n) is 16.0. The van der Waals surface area contributed by atoms with E-state index in [0.29, 0.717) is 17.0 Å². The molecule has 5 rings (SSSR count). The Kier molecular flexibility index (Phi) is 5.99. The quantitative estimate of drug-likeness (QED) is 0.584. The third kappa shape index (κ3) is 4.37. The summed E-state index contributed by atoms with van der Waals surface area (Å²) in [7, 11) is 0. The molecule has 2 saturated heterocycles. The Balaban J connectivity index is 0.00000205. The molecular formula is C22H23Cl2N5. The maximum absolute atomic E-state index is 5.88. The summed E-state index contributed by atoms with van der Waals surface area (Å²) in [4.78, 5) is 9.11. The van der Waals surface area contributed by atoms with Crippen LogP contribution in [0.3, 0.4) is 0 Å². The molecule has 0 N–H and O–H groups in total. The van der Waals surface area contributed by atoms with Crippen LogP contribution in [-0.2, 0) is 6.54 Å². The molecule has 0 aliphatic carbocycles. The summed E-state index contributed by atoms with van der Waals surface area (Å²) in [5, 5.41) is 9.50. The van der Waals surface area contributed by atoms with Gasteiger partial charge in [-0.15, -0.1) is 22.6 Å². The van der Waals surface area contributed by atoms with E-state index in [1.54, 1.807) is 0 Å². The number of pyridine rings is 1. The van der Waals surface area contributed by atoms with E-state index in [9.17, 15) is 0 Å². The summed E-state index contributed by atoms with van der Waals surface area (Å²) in [6.45, 7) is 5.31. The first-order chi connectivity index (χ1) is 13.7. The van der Waals surface area contributed by atoms with Crippen LogP contribution >= 0.6 is 24.0 Å². The molecule has 29 heavy (non-hydrogen) atoms. The van der Waals surface area contributed by atoms with Gasteiger partial charge < -0.3 is 4.90 Å². The Hall–Kier alpha value is -2.21. The fourth-order valence-electron chi connectivity index (χ4n) is 4.42. The molecule has 0 bridgehead atoms. The number of aromatic nitrogens is 3. The van der Waals surface area contributed by atoms with Crippen molar-refractivity contribution in [1.82, 2.24) is 20.1 Å². The van der Waals surface area contributed by atoms with Crippen molar-refractivity contribution in [2.24, 2.45) is 11.8 Å². The van der Waals surface area contributed by atoms with Crippen LogP contribution in [0.4, 0.5) is 5.82 Å². The molecule has 150 valence electrons. The largest absolute Gasteiger partial charge is 0.354 e. The summed E-state index contributed by atoms with van der Waals surface area (Å²) < 4.78 is 0. The van der Waals surface area contributed by atoms with E-state index in [2.05, 4.69) is 55.3 Å². The van der Waals surface area contributed by atoms with Gasteiger partial charge in [-0.2, -0.15) is 0 Å². The van der Waals surface area contributed by atoms with Gasteiger partial charge in [0.25, 0.3) is 0 Å². The molecule has 2 aliphatic heterocycles. The summed E-state index contributed by atoms with van der Waals surface area (Å²) in [5.74, 6) is 2.37. The highest BCUT2D eigenvalue weighted by Gasteiger charge is 2.40. The smallest absolute Gasteiger partial charge is 0.151 e. The normalized spacial score (nSPS) is 21.1. The van der Waals surface area contributed by atoms with Crippen LogP contribution in [0.25, 0.3) is 11.3 Å². The molecule has 2 atom stereocenters. The molecule has 2 fully saturated rings. The van der Waals surface area contributed by atoms with Crippen LogP contribution in [0.5, 0.6) is 0 Å². The second-order valence-corrected chi connectivity index (χ2v) is 8.14. The molecule has 0 spiro atoms. The van der Waals surface area contributed by atoms with Gasteiger partial charge >= 0.3 is 0 Å². The van der Waals surface area contributed by atoms with E-state index >= 15 is 0 Å². The molecule has 4 heterocycles.